The molecule has 0 unspecified atom stereocenters. The Kier molecular flexibility index (Phi) is 5.32. The molecule has 1 aromatic rings. The first kappa shape index (κ1) is 19.5. The molecular formula is C18H22F3N3O3. The number of carbonyl (C=O) groups excluding carboxylic acids is 2. The predicted molar refractivity (Wildman–Crippen MR) is 90.6 cm³/mol. The molecule has 6 nitrogen and oxygen atoms in total. The molecule has 2 bridgehead atoms. The van der Waals surface area contributed by atoms with Gasteiger partial charge >= 0.3 is 12.2 Å². The number of hydrogen-bond donors (Lipinski definition) is 3. The van der Waals surface area contributed by atoms with Crippen LogP contribution >= 0.6 is 0 Å². The van der Waals surface area contributed by atoms with Crippen molar-refractivity contribution in [3.63, 3.8) is 0 Å². The van der Waals surface area contributed by atoms with E-state index in [1.54, 1.807) is 11.0 Å². The highest BCUT2D eigenvalue weighted by Gasteiger charge is 2.61. The number of hydrogen-bond acceptors (Lipinski definition) is 3. The van der Waals surface area contributed by atoms with Crippen LogP contribution in [0.2, 0.25) is 0 Å². The fraction of sp³-hybridized carbons (Fsp3) is 0.556. The van der Waals surface area contributed by atoms with Gasteiger partial charge in [-0.25, -0.2) is 4.79 Å². The standard InChI is InChI=1S/C18H22F3N3O3/c19-18(20,21)14-3-1-2-12(6-14)11-24(17-7-13(8-17)9-17)15(26)10-23-16(27)22-4-5-25/h1-3,6,13,25H,4-5,7-11H2,(H2,22,23,27). The lowest BCUT2D eigenvalue weighted by molar-refractivity contribution is -0.173. The highest BCUT2D eigenvalue weighted by atomic mass is 19.4. The molecule has 0 radical (unpaired) electrons. The van der Waals surface area contributed by atoms with E-state index in [1.807, 2.05) is 0 Å². The van der Waals surface area contributed by atoms with E-state index in [0.717, 1.165) is 31.4 Å². The van der Waals surface area contributed by atoms with Gasteiger partial charge in [0.15, 0.2) is 0 Å². The largest absolute Gasteiger partial charge is 0.416 e. The van der Waals surface area contributed by atoms with Crippen LogP contribution in [0.4, 0.5) is 18.0 Å². The van der Waals surface area contributed by atoms with Crippen LogP contribution in [0.25, 0.3) is 0 Å². The molecule has 3 fully saturated rings. The van der Waals surface area contributed by atoms with E-state index in [1.165, 1.54) is 6.07 Å². The van der Waals surface area contributed by atoms with Gasteiger partial charge in [0.1, 0.15) is 0 Å². The van der Waals surface area contributed by atoms with Crippen molar-refractivity contribution in [1.29, 1.82) is 0 Å². The van der Waals surface area contributed by atoms with Crippen LogP contribution in [0, 0.1) is 5.92 Å². The fourth-order valence-corrected chi connectivity index (χ4v) is 3.80. The topological polar surface area (TPSA) is 81.7 Å². The van der Waals surface area contributed by atoms with Crippen molar-refractivity contribution in [2.75, 3.05) is 19.7 Å². The molecular weight excluding hydrogens is 363 g/mol. The lowest BCUT2D eigenvalue weighted by atomic mass is 9.49. The minimum atomic E-state index is -4.44. The number of halogens is 3. The molecule has 3 amide bonds. The first-order chi connectivity index (χ1) is 12.7. The molecule has 0 spiro atoms. The summed E-state index contributed by atoms with van der Waals surface area (Å²) in [5, 5.41) is 13.5. The third-order valence-electron chi connectivity index (χ3n) is 5.27. The van der Waals surface area contributed by atoms with E-state index >= 15 is 0 Å². The first-order valence-corrected chi connectivity index (χ1v) is 8.83. The van der Waals surface area contributed by atoms with Gasteiger partial charge in [-0.05, 0) is 42.9 Å². The van der Waals surface area contributed by atoms with Gasteiger partial charge in [-0.3, -0.25) is 4.79 Å². The van der Waals surface area contributed by atoms with Crippen molar-refractivity contribution in [3.05, 3.63) is 35.4 Å². The molecule has 0 aliphatic heterocycles. The average molecular weight is 385 g/mol. The third-order valence-corrected chi connectivity index (χ3v) is 5.27. The summed E-state index contributed by atoms with van der Waals surface area (Å²) in [4.78, 5) is 25.8. The van der Waals surface area contributed by atoms with Gasteiger partial charge in [0, 0.05) is 18.6 Å². The Bertz CT molecular complexity index is 706. The molecule has 3 saturated carbocycles. The summed E-state index contributed by atoms with van der Waals surface area (Å²) in [5.74, 6) is 0.257. The lowest BCUT2D eigenvalue weighted by Gasteiger charge is -2.66. The zero-order valence-electron chi connectivity index (χ0n) is 14.7. The maximum absolute atomic E-state index is 12.9. The molecule has 4 rings (SSSR count). The SMILES string of the molecule is O=C(NCCO)NCC(=O)N(Cc1cccc(C(F)(F)F)c1)C12CC(C1)C2. The lowest BCUT2D eigenvalue weighted by Crippen LogP contribution is -2.70. The van der Waals surface area contributed by atoms with Crippen molar-refractivity contribution < 1.29 is 27.9 Å². The number of carbonyl (C=O) groups is 2. The summed E-state index contributed by atoms with van der Waals surface area (Å²) in [7, 11) is 0. The van der Waals surface area contributed by atoms with Crippen molar-refractivity contribution in [3.8, 4) is 0 Å². The number of alkyl halides is 3. The van der Waals surface area contributed by atoms with Crippen LogP contribution in [0.1, 0.15) is 30.4 Å². The van der Waals surface area contributed by atoms with Crippen LogP contribution in [-0.4, -0.2) is 47.2 Å². The van der Waals surface area contributed by atoms with E-state index in [9.17, 15) is 22.8 Å². The number of urea groups is 1. The van der Waals surface area contributed by atoms with Gasteiger partial charge in [-0.2, -0.15) is 13.2 Å². The summed E-state index contributed by atoms with van der Waals surface area (Å²) in [6, 6.07) is 4.40. The van der Waals surface area contributed by atoms with Crippen LogP contribution in [0.3, 0.4) is 0 Å². The van der Waals surface area contributed by atoms with E-state index in [-0.39, 0.29) is 37.7 Å². The van der Waals surface area contributed by atoms with Gasteiger partial charge < -0.3 is 20.6 Å². The summed E-state index contributed by atoms with van der Waals surface area (Å²) >= 11 is 0. The van der Waals surface area contributed by atoms with Crippen LogP contribution < -0.4 is 10.6 Å². The summed E-state index contributed by atoms with van der Waals surface area (Å²) in [6.07, 6.45) is -1.87. The van der Waals surface area contributed by atoms with Crippen molar-refractivity contribution in [2.45, 2.75) is 37.5 Å². The Balaban J connectivity index is 1.68. The van der Waals surface area contributed by atoms with E-state index in [0.29, 0.717) is 11.5 Å². The number of aliphatic hydroxyl groups is 1. The zero-order chi connectivity index (χ0) is 19.7. The zero-order valence-corrected chi connectivity index (χ0v) is 14.7. The van der Waals surface area contributed by atoms with Crippen molar-refractivity contribution in [1.82, 2.24) is 15.5 Å². The fourth-order valence-electron chi connectivity index (χ4n) is 3.80. The Morgan fingerprint density at radius 2 is 1.93 bits per heavy atom. The number of benzene rings is 1. The number of rotatable bonds is 7. The number of nitrogens with zero attached hydrogens (tertiary/aromatic N) is 1. The maximum atomic E-state index is 12.9. The van der Waals surface area contributed by atoms with E-state index in [2.05, 4.69) is 10.6 Å². The molecule has 27 heavy (non-hydrogen) atoms. The second kappa shape index (κ2) is 7.38. The van der Waals surface area contributed by atoms with E-state index < -0.39 is 17.8 Å². The van der Waals surface area contributed by atoms with Crippen LogP contribution in [-0.2, 0) is 17.5 Å². The maximum Gasteiger partial charge on any atom is 0.416 e. The first-order valence-electron chi connectivity index (χ1n) is 8.83. The Hall–Kier alpha value is -2.29. The Morgan fingerprint density at radius 1 is 1.22 bits per heavy atom. The molecule has 0 heterocycles. The van der Waals surface area contributed by atoms with Gasteiger partial charge in [-0.15, -0.1) is 0 Å². The highest BCUT2D eigenvalue weighted by molar-refractivity contribution is 5.84. The summed E-state index contributed by atoms with van der Waals surface area (Å²) in [5.41, 5.74) is -0.627. The molecule has 3 aliphatic rings. The second-order valence-corrected chi connectivity index (χ2v) is 7.21. The van der Waals surface area contributed by atoms with Crippen LogP contribution in [0.15, 0.2) is 24.3 Å². The molecule has 3 aliphatic carbocycles. The molecule has 0 atom stereocenters. The summed E-state index contributed by atoms with van der Waals surface area (Å²) < 4.78 is 38.8. The molecule has 3 N–H and O–H groups in total. The average Bonchev–Trinajstić information content (AvgIpc) is 2.54. The van der Waals surface area contributed by atoms with E-state index in [4.69, 9.17) is 5.11 Å². The molecule has 1 aromatic carbocycles. The van der Waals surface area contributed by atoms with Crippen molar-refractivity contribution in [2.24, 2.45) is 5.92 Å². The van der Waals surface area contributed by atoms with Crippen molar-refractivity contribution >= 4 is 11.9 Å². The smallest absolute Gasteiger partial charge is 0.395 e. The van der Waals surface area contributed by atoms with Crippen LogP contribution in [0.5, 0.6) is 0 Å². The third kappa shape index (κ3) is 4.18. The quantitative estimate of drug-likeness (QED) is 0.670. The Morgan fingerprint density at radius 3 is 2.48 bits per heavy atom. The monoisotopic (exact) mass is 385 g/mol. The molecule has 9 heteroatoms. The molecule has 0 saturated heterocycles. The minimum absolute atomic E-state index is 0.0690. The number of aliphatic hydroxyl groups excluding tert-OH is 1. The van der Waals surface area contributed by atoms with Gasteiger partial charge in [-0.1, -0.05) is 12.1 Å². The minimum Gasteiger partial charge on any atom is -0.395 e. The highest BCUT2D eigenvalue weighted by Crippen LogP contribution is 2.60. The predicted octanol–water partition coefficient (Wildman–Crippen LogP) is 1.88. The summed E-state index contributed by atoms with van der Waals surface area (Å²) in [6.45, 7) is -0.314. The second-order valence-electron chi connectivity index (χ2n) is 7.21. The normalized spacial score (nSPS) is 23.0. The molecule has 148 valence electrons. The number of amides is 3. The van der Waals surface area contributed by atoms with Gasteiger partial charge in [0.05, 0.1) is 18.7 Å². The Labute approximate surface area is 154 Å². The van der Waals surface area contributed by atoms with Gasteiger partial charge in [0.25, 0.3) is 0 Å². The van der Waals surface area contributed by atoms with Gasteiger partial charge in [0.2, 0.25) is 5.91 Å². The number of nitrogens with one attached hydrogen (secondary N) is 2. The molecule has 0 aromatic heterocycles.